The van der Waals surface area contributed by atoms with Crippen molar-refractivity contribution in [2.75, 3.05) is 23.7 Å². The van der Waals surface area contributed by atoms with Crippen LogP contribution >= 0.6 is 34.8 Å². The highest BCUT2D eigenvalue weighted by Gasteiger charge is 2.30. The van der Waals surface area contributed by atoms with Crippen LogP contribution in [-0.4, -0.2) is 50.5 Å². The third-order valence-corrected chi connectivity index (χ3v) is 6.58. The molecule has 32 heavy (non-hydrogen) atoms. The van der Waals surface area contributed by atoms with Crippen LogP contribution in [0.1, 0.15) is 19.4 Å². The van der Waals surface area contributed by atoms with Gasteiger partial charge in [-0.3, -0.25) is 13.9 Å². The van der Waals surface area contributed by atoms with E-state index in [0.29, 0.717) is 17.1 Å². The van der Waals surface area contributed by atoms with Crippen molar-refractivity contribution < 1.29 is 18.0 Å². The molecule has 0 aliphatic carbocycles. The predicted molar refractivity (Wildman–Crippen MR) is 129 cm³/mol. The number of carbonyl (C=O) groups is 2. The van der Waals surface area contributed by atoms with Crippen LogP contribution in [0.2, 0.25) is 15.1 Å². The molecule has 0 heterocycles. The van der Waals surface area contributed by atoms with E-state index in [9.17, 15) is 18.0 Å². The molecule has 2 amide bonds. The van der Waals surface area contributed by atoms with Crippen LogP contribution in [0, 0.1) is 0 Å². The zero-order valence-electron chi connectivity index (χ0n) is 17.8. The van der Waals surface area contributed by atoms with Gasteiger partial charge in [-0.15, -0.1) is 0 Å². The third kappa shape index (κ3) is 7.00. The maximum atomic E-state index is 13.3. The summed E-state index contributed by atoms with van der Waals surface area (Å²) in [4.78, 5) is 27.1. The normalized spacial score (nSPS) is 12.2. The van der Waals surface area contributed by atoms with Crippen molar-refractivity contribution in [3.05, 3.63) is 63.1 Å². The Morgan fingerprint density at radius 2 is 1.66 bits per heavy atom. The molecule has 0 fully saturated rings. The molecule has 7 nitrogen and oxygen atoms in total. The van der Waals surface area contributed by atoms with Gasteiger partial charge in [-0.05, 0) is 43.7 Å². The van der Waals surface area contributed by atoms with Crippen LogP contribution in [-0.2, 0) is 26.2 Å². The smallest absolute Gasteiger partial charge is 0.244 e. The number of nitrogens with zero attached hydrogens (tertiary/aromatic N) is 2. The van der Waals surface area contributed by atoms with Crippen LogP contribution in [0.5, 0.6) is 0 Å². The summed E-state index contributed by atoms with van der Waals surface area (Å²) in [6.45, 7) is 3.18. The molecular weight excluding hydrogens is 497 g/mol. The van der Waals surface area contributed by atoms with E-state index in [4.69, 9.17) is 34.8 Å². The summed E-state index contributed by atoms with van der Waals surface area (Å²) in [6, 6.07) is 10.3. The zero-order chi connectivity index (χ0) is 24.1. The quantitative estimate of drug-likeness (QED) is 0.542. The highest BCUT2D eigenvalue weighted by atomic mass is 35.5. The van der Waals surface area contributed by atoms with Gasteiger partial charge in [0, 0.05) is 28.2 Å². The molecule has 0 saturated carbocycles. The Kier molecular flexibility index (Phi) is 9.21. The van der Waals surface area contributed by atoms with E-state index in [1.165, 1.54) is 23.1 Å². The van der Waals surface area contributed by atoms with Gasteiger partial charge >= 0.3 is 0 Å². The first-order valence-electron chi connectivity index (χ1n) is 9.68. The minimum absolute atomic E-state index is 0.0186. The molecule has 1 atom stereocenters. The van der Waals surface area contributed by atoms with Gasteiger partial charge in [-0.25, -0.2) is 8.42 Å². The average molecular weight is 521 g/mol. The molecule has 174 valence electrons. The summed E-state index contributed by atoms with van der Waals surface area (Å²) in [5.74, 6) is -0.963. The lowest BCUT2D eigenvalue weighted by Crippen LogP contribution is -2.51. The number of anilines is 1. The number of rotatable bonds is 9. The molecule has 2 rings (SSSR count). The molecule has 0 bridgehead atoms. The van der Waals surface area contributed by atoms with Gasteiger partial charge in [0.25, 0.3) is 0 Å². The molecule has 11 heteroatoms. The van der Waals surface area contributed by atoms with E-state index >= 15 is 0 Å². The number of nitrogens with one attached hydrogen (secondary N) is 1. The number of hydrogen-bond acceptors (Lipinski definition) is 4. The molecule has 1 N–H and O–H groups in total. The summed E-state index contributed by atoms with van der Waals surface area (Å²) >= 11 is 18.3. The second kappa shape index (κ2) is 11.2. The van der Waals surface area contributed by atoms with Gasteiger partial charge in [0.1, 0.15) is 12.6 Å². The monoisotopic (exact) mass is 519 g/mol. The Bertz CT molecular complexity index is 1080. The Morgan fingerprint density at radius 1 is 1.06 bits per heavy atom. The van der Waals surface area contributed by atoms with E-state index in [1.807, 2.05) is 0 Å². The first-order valence-corrected chi connectivity index (χ1v) is 12.7. The van der Waals surface area contributed by atoms with Crippen LogP contribution < -0.4 is 9.62 Å². The van der Waals surface area contributed by atoms with Crippen molar-refractivity contribution in [3.63, 3.8) is 0 Å². The Hall–Kier alpha value is -2.00. The number of hydrogen-bond donors (Lipinski definition) is 1. The lowest BCUT2D eigenvalue weighted by Gasteiger charge is -2.31. The Morgan fingerprint density at radius 3 is 2.19 bits per heavy atom. The maximum Gasteiger partial charge on any atom is 0.244 e. The lowest BCUT2D eigenvalue weighted by atomic mass is 10.1. The van der Waals surface area contributed by atoms with Crippen molar-refractivity contribution in [2.24, 2.45) is 0 Å². The van der Waals surface area contributed by atoms with Gasteiger partial charge in [0.2, 0.25) is 21.8 Å². The number of carbonyl (C=O) groups excluding carboxylic acids is 2. The second-order valence-corrected chi connectivity index (χ2v) is 10.3. The Labute approximate surface area is 203 Å². The van der Waals surface area contributed by atoms with Crippen molar-refractivity contribution in [2.45, 2.75) is 26.4 Å². The summed E-state index contributed by atoms with van der Waals surface area (Å²) in [7, 11) is -3.88. The third-order valence-electron chi connectivity index (χ3n) is 4.63. The molecule has 0 radical (unpaired) electrons. The van der Waals surface area contributed by atoms with Gasteiger partial charge < -0.3 is 10.2 Å². The number of halogens is 3. The van der Waals surface area contributed by atoms with Gasteiger partial charge in [-0.2, -0.15) is 0 Å². The highest BCUT2D eigenvalue weighted by molar-refractivity contribution is 7.92. The molecule has 0 aliphatic rings. The largest absolute Gasteiger partial charge is 0.355 e. The molecule has 1 unspecified atom stereocenters. The summed E-state index contributed by atoms with van der Waals surface area (Å²) in [6.07, 6.45) is 0.973. The molecule has 0 saturated heterocycles. The standard InChI is InChI=1S/C21H24Cl3N3O4S/c1-4-25-21(29)14(2)26(12-15-7-5-6-8-19(15)24)20(28)13-27(32(3,30)31)18-10-16(22)9-17(23)11-18/h5-11,14H,4,12-13H2,1-3H3,(H,25,29). The number of likely N-dealkylation sites (N-methyl/N-ethyl adjacent to an activating group) is 1. The fourth-order valence-electron chi connectivity index (χ4n) is 3.01. The minimum atomic E-state index is -3.88. The Balaban J connectivity index is 2.43. The lowest BCUT2D eigenvalue weighted by molar-refractivity contribution is -0.139. The van der Waals surface area contributed by atoms with E-state index in [0.717, 1.165) is 10.6 Å². The fourth-order valence-corrected chi connectivity index (χ4v) is 4.56. The van der Waals surface area contributed by atoms with Crippen LogP contribution in [0.15, 0.2) is 42.5 Å². The number of sulfonamides is 1. The number of amides is 2. The first kappa shape index (κ1) is 26.3. The van der Waals surface area contributed by atoms with E-state index in [-0.39, 0.29) is 28.2 Å². The highest BCUT2D eigenvalue weighted by Crippen LogP contribution is 2.27. The van der Waals surface area contributed by atoms with Gasteiger partial charge in [-0.1, -0.05) is 53.0 Å². The van der Waals surface area contributed by atoms with Crippen LogP contribution in [0.3, 0.4) is 0 Å². The van der Waals surface area contributed by atoms with Crippen molar-refractivity contribution >= 4 is 62.3 Å². The molecule has 2 aromatic carbocycles. The first-order chi connectivity index (χ1) is 14.9. The fraction of sp³-hybridized carbons (Fsp3) is 0.333. The molecule has 2 aromatic rings. The molecule has 0 spiro atoms. The van der Waals surface area contributed by atoms with E-state index < -0.39 is 28.5 Å². The topological polar surface area (TPSA) is 86.8 Å². The maximum absolute atomic E-state index is 13.3. The van der Waals surface area contributed by atoms with Crippen LogP contribution in [0.25, 0.3) is 0 Å². The van der Waals surface area contributed by atoms with Crippen molar-refractivity contribution in [1.29, 1.82) is 0 Å². The zero-order valence-corrected chi connectivity index (χ0v) is 20.9. The summed E-state index contributed by atoms with van der Waals surface area (Å²) in [5.41, 5.74) is 0.761. The van der Waals surface area contributed by atoms with Crippen molar-refractivity contribution in [3.8, 4) is 0 Å². The predicted octanol–water partition coefficient (Wildman–Crippen LogP) is 3.97. The summed E-state index contributed by atoms with van der Waals surface area (Å²) < 4.78 is 25.9. The molecule has 0 aliphatic heterocycles. The van der Waals surface area contributed by atoms with Gasteiger partial charge in [0.05, 0.1) is 11.9 Å². The van der Waals surface area contributed by atoms with E-state index in [2.05, 4.69) is 5.32 Å². The molecule has 0 aromatic heterocycles. The minimum Gasteiger partial charge on any atom is -0.355 e. The number of benzene rings is 2. The van der Waals surface area contributed by atoms with Crippen molar-refractivity contribution in [1.82, 2.24) is 10.2 Å². The average Bonchev–Trinajstić information content (AvgIpc) is 2.69. The SMILES string of the molecule is CCNC(=O)C(C)N(Cc1ccccc1Cl)C(=O)CN(c1cc(Cl)cc(Cl)c1)S(C)(=O)=O. The summed E-state index contributed by atoms with van der Waals surface area (Å²) in [5, 5.41) is 3.54. The van der Waals surface area contributed by atoms with E-state index in [1.54, 1.807) is 38.1 Å². The molecular formula is C21H24Cl3N3O4S. The second-order valence-electron chi connectivity index (χ2n) is 7.08. The van der Waals surface area contributed by atoms with Gasteiger partial charge in [0.15, 0.2) is 0 Å². The van der Waals surface area contributed by atoms with Crippen LogP contribution in [0.4, 0.5) is 5.69 Å².